The second-order valence-corrected chi connectivity index (χ2v) is 3.71. The lowest BCUT2D eigenvalue weighted by atomic mass is 10.0. The van der Waals surface area contributed by atoms with Gasteiger partial charge >= 0.3 is 5.97 Å². The van der Waals surface area contributed by atoms with Gasteiger partial charge in [-0.15, -0.1) is 0 Å². The van der Waals surface area contributed by atoms with Gasteiger partial charge in [-0.05, 0) is 24.6 Å². The zero-order valence-corrected chi connectivity index (χ0v) is 9.40. The zero-order chi connectivity index (χ0) is 12.4. The Morgan fingerprint density at radius 2 is 2.29 bits per heavy atom. The lowest BCUT2D eigenvalue weighted by Crippen LogP contribution is -2.11. The summed E-state index contributed by atoms with van der Waals surface area (Å²) in [5, 5.41) is 8.59. The zero-order valence-electron chi connectivity index (χ0n) is 9.40. The molecule has 0 atom stereocenters. The third-order valence-corrected chi connectivity index (χ3v) is 2.37. The molecular formula is C13H12O4. The van der Waals surface area contributed by atoms with Gasteiger partial charge in [-0.3, -0.25) is 0 Å². The Balaban J connectivity index is 2.37. The molecule has 0 saturated heterocycles. The summed E-state index contributed by atoms with van der Waals surface area (Å²) < 4.78 is 10.6. The Kier molecular flexibility index (Phi) is 2.87. The van der Waals surface area contributed by atoms with Crippen LogP contribution in [0.15, 0.2) is 36.6 Å². The average molecular weight is 232 g/mol. The van der Waals surface area contributed by atoms with Crippen LogP contribution in [-0.2, 0) is 4.79 Å². The van der Waals surface area contributed by atoms with Gasteiger partial charge in [0, 0.05) is 5.56 Å². The van der Waals surface area contributed by atoms with Crippen LogP contribution in [-0.4, -0.2) is 17.7 Å². The highest BCUT2D eigenvalue weighted by Gasteiger charge is 2.18. The van der Waals surface area contributed by atoms with Crippen molar-refractivity contribution in [3.05, 3.63) is 42.2 Å². The minimum absolute atomic E-state index is 0.394. The number of carboxylic acids is 1. The normalized spacial score (nSPS) is 13.5. The molecule has 1 aliphatic heterocycles. The van der Waals surface area contributed by atoms with Gasteiger partial charge in [0.1, 0.15) is 5.76 Å². The van der Waals surface area contributed by atoms with E-state index in [0.29, 0.717) is 17.3 Å². The molecule has 0 spiro atoms. The van der Waals surface area contributed by atoms with Crippen molar-refractivity contribution in [3.63, 3.8) is 0 Å². The molecule has 4 nitrogen and oxygen atoms in total. The predicted octanol–water partition coefficient (Wildman–Crippen LogP) is 2.46. The fourth-order valence-electron chi connectivity index (χ4n) is 1.66. The first-order chi connectivity index (χ1) is 8.08. The molecule has 2 rings (SSSR count). The van der Waals surface area contributed by atoms with Gasteiger partial charge in [-0.1, -0.05) is 18.7 Å². The van der Waals surface area contributed by atoms with Gasteiger partial charge < -0.3 is 14.6 Å². The summed E-state index contributed by atoms with van der Waals surface area (Å²) in [6, 6.07) is 5.36. The maximum atomic E-state index is 10.5. The van der Waals surface area contributed by atoms with Crippen LogP contribution in [0.5, 0.6) is 11.5 Å². The molecule has 88 valence electrons. The second-order valence-electron chi connectivity index (χ2n) is 3.71. The predicted molar refractivity (Wildman–Crippen MR) is 63.0 cm³/mol. The van der Waals surface area contributed by atoms with Crippen molar-refractivity contribution in [3.8, 4) is 11.5 Å². The second kappa shape index (κ2) is 4.33. The van der Waals surface area contributed by atoms with Gasteiger partial charge in [-0.25, -0.2) is 4.79 Å². The van der Waals surface area contributed by atoms with E-state index in [1.807, 2.05) is 19.1 Å². The lowest BCUT2D eigenvalue weighted by Gasteiger charge is -2.20. The highest BCUT2D eigenvalue weighted by atomic mass is 16.5. The Labute approximate surface area is 98.8 Å². The maximum Gasteiger partial charge on any atom is 0.341 e. The third-order valence-electron chi connectivity index (χ3n) is 2.37. The Morgan fingerprint density at radius 1 is 1.53 bits per heavy atom. The summed E-state index contributed by atoms with van der Waals surface area (Å²) in [4.78, 5) is 10.5. The van der Waals surface area contributed by atoms with Crippen molar-refractivity contribution in [2.45, 2.75) is 6.92 Å². The van der Waals surface area contributed by atoms with Crippen molar-refractivity contribution in [1.82, 2.24) is 0 Å². The first-order valence-electron chi connectivity index (χ1n) is 5.11. The molecule has 0 radical (unpaired) electrons. The number of ether oxygens (including phenoxy) is 2. The summed E-state index contributed by atoms with van der Waals surface area (Å²) in [5.41, 5.74) is 1.90. The molecule has 1 aliphatic rings. The molecule has 17 heavy (non-hydrogen) atoms. The highest BCUT2D eigenvalue weighted by molar-refractivity contribution is 5.76. The van der Waals surface area contributed by atoms with Crippen molar-refractivity contribution in [2.24, 2.45) is 0 Å². The summed E-state index contributed by atoms with van der Waals surface area (Å²) in [5.74, 6) is 0.433. The summed E-state index contributed by atoms with van der Waals surface area (Å²) in [6.45, 7) is 5.27. The highest BCUT2D eigenvalue weighted by Crippen LogP contribution is 2.39. The van der Waals surface area contributed by atoms with E-state index in [9.17, 15) is 4.79 Å². The summed E-state index contributed by atoms with van der Waals surface area (Å²) in [6.07, 6.45) is 1.82. The molecule has 1 aromatic rings. The van der Waals surface area contributed by atoms with E-state index in [1.54, 1.807) is 12.1 Å². The number of carbonyl (C=O) groups is 1. The topological polar surface area (TPSA) is 55.8 Å². The Bertz CT molecular complexity index is 514. The number of allylic oxidation sites excluding steroid dienone is 2. The summed E-state index contributed by atoms with van der Waals surface area (Å²) in [7, 11) is 0. The average Bonchev–Trinajstić information content (AvgIpc) is 2.26. The van der Waals surface area contributed by atoms with Gasteiger partial charge in [0.05, 0.1) is 0 Å². The van der Waals surface area contributed by atoms with Gasteiger partial charge in [0.2, 0.25) is 0 Å². The molecule has 0 bridgehead atoms. The number of benzene rings is 1. The SMILES string of the molecule is C=C1C=C(C)c2cccc(OCC(=O)O)c2O1. The van der Waals surface area contributed by atoms with E-state index in [2.05, 4.69) is 6.58 Å². The number of fused-ring (bicyclic) bond motifs is 1. The minimum Gasteiger partial charge on any atom is -0.479 e. The maximum absolute atomic E-state index is 10.5. The molecule has 0 amide bonds. The number of hydrogen-bond acceptors (Lipinski definition) is 3. The monoisotopic (exact) mass is 232 g/mol. The first kappa shape index (κ1) is 11.3. The molecule has 1 N–H and O–H groups in total. The van der Waals surface area contributed by atoms with E-state index >= 15 is 0 Å². The van der Waals surface area contributed by atoms with Gasteiger partial charge in [0.15, 0.2) is 18.1 Å². The molecule has 4 heteroatoms. The number of rotatable bonds is 3. The van der Waals surface area contributed by atoms with E-state index in [-0.39, 0.29) is 0 Å². The molecule has 0 fully saturated rings. The van der Waals surface area contributed by atoms with Crippen molar-refractivity contribution < 1.29 is 19.4 Å². The van der Waals surface area contributed by atoms with Crippen LogP contribution in [0.3, 0.4) is 0 Å². The van der Waals surface area contributed by atoms with Crippen molar-refractivity contribution in [2.75, 3.05) is 6.61 Å². The van der Waals surface area contributed by atoms with Crippen molar-refractivity contribution >= 4 is 11.5 Å². The van der Waals surface area contributed by atoms with Crippen LogP contribution in [0.4, 0.5) is 0 Å². The van der Waals surface area contributed by atoms with Crippen LogP contribution in [0, 0.1) is 0 Å². The van der Waals surface area contributed by atoms with Crippen LogP contribution in [0.2, 0.25) is 0 Å². The van der Waals surface area contributed by atoms with E-state index in [1.165, 1.54) is 0 Å². The van der Waals surface area contributed by atoms with Gasteiger partial charge in [-0.2, -0.15) is 0 Å². The number of aliphatic carboxylic acids is 1. The quantitative estimate of drug-likeness (QED) is 0.869. The summed E-state index contributed by atoms with van der Waals surface area (Å²) >= 11 is 0. The van der Waals surface area contributed by atoms with Crippen LogP contribution in [0.1, 0.15) is 12.5 Å². The van der Waals surface area contributed by atoms with Crippen LogP contribution < -0.4 is 9.47 Å². The molecule has 0 aromatic heterocycles. The largest absolute Gasteiger partial charge is 0.479 e. The van der Waals surface area contributed by atoms with E-state index in [0.717, 1.165) is 11.1 Å². The molecule has 1 aromatic carbocycles. The third kappa shape index (κ3) is 2.30. The van der Waals surface area contributed by atoms with E-state index < -0.39 is 12.6 Å². The first-order valence-corrected chi connectivity index (χ1v) is 5.11. The molecule has 0 aliphatic carbocycles. The smallest absolute Gasteiger partial charge is 0.341 e. The van der Waals surface area contributed by atoms with Gasteiger partial charge in [0.25, 0.3) is 0 Å². The Hall–Kier alpha value is -2.23. The standard InChI is InChI=1S/C13H12O4/c1-8-6-9(2)17-13-10(8)4-3-5-11(13)16-7-12(14)15/h3-6H,2,7H2,1H3,(H,14,15). The Morgan fingerprint density at radius 3 is 3.00 bits per heavy atom. The minimum atomic E-state index is -1.02. The van der Waals surface area contributed by atoms with E-state index in [4.69, 9.17) is 14.6 Å². The molecule has 1 heterocycles. The molecular weight excluding hydrogens is 220 g/mol. The fraction of sp³-hybridized carbons (Fsp3) is 0.154. The fourth-order valence-corrected chi connectivity index (χ4v) is 1.66. The molecule has 0 saturated carbocycles. The number of para-hydroxylation sites is 1. The molecule has 0 unspecified atom stereocenters. The lowest BCUT2D eigenvalue weighted by molar-refractivity contribution is -0.139. The number of carboxylic acid groups (broad SMARTS) is 1. The van der Waals surface area contributed by atoms with Crippen LogP contribution >= 0.6 is 0 Å². The van der Waals surface area contributed by atoms with Crippen molar-refractivity contribution in [1.29, 1.82) is 0 Å². The van der Waals surface area contributed by atoms with Crippen LogP contribution in [0.25, 0.3) is 5.57 Å². The number of hydrogen-bond donors (Lipinski definition) is 1.